The van der Waals surface area contributed by atoms with Crippen molar-refractivity contribution in [3.8, 4) is 5.75 Å². The molecule has 0 unspecified atom stereocenters. The van der Waals surface area contributed by atoms with Crippen LogP contribution < -0.4 is 15.2 Å². The zero-order valence-corrected chi connectivity index (χ0v) is 15.3. The SMILES string of the molecule is CCN(C(=O)Cn1nc(Cl)c(Cl)cc1=O)c1cccc2c1[CH]OC(F)(F)O2. The molecule has 0 saturated heterocycles. The highest BCUT2D eigenvalue weighted by atomic mass is 35.5. The Morgan fingerprint density at radius 3 is 2.81 bits per heavy atom. The van der Waals surface area contributed by atoms with Crippen LogP contribution in [-0.4, -0.2) is 28.5 Å². The molecule has 2 aromatic rings. The third-order valence-electron chi connectivity index (χ3n) is 3.69. The normalized spacial score (nSPS) is 15.0. The maximum absolute atomic E-state index is 13.2. The summed E-state index contributed by atoms with van der Waals surface area (Å²) in [5, 5.41) is 3.61. The lowest BCUT2D eigenvalue weighted by atomic mass is 10.1. The number of hydrogen-bond donors (Lipinski definition) is 0. The maximum atomic E-state index is 13.2. The molecule has 0 bridgehead atoms. The molecule has 2 heterocycles. The highest BCUT2D eigenvalue weighted by Crippen LogP contribution is 2.39. The number of carbonyl (C=O) groups excluding carboxylic acids is 1. The summed E-state index contributed by atoms with van der Waals surface area (Å²) in [5.74, 6) is -0.663. The van der Waals surface area contributed by atoms with Gasteiger partial charge >= 0.3 is 6.29 Å². The quantitative estimate of drug-likeness (QED) is 0.762. The summed E-state index contributed by atoms with van der Waals surface area (Å²) >= 11 is 11.5. The van der Waals surface area contributed by atoms with Crippen molar-refractivity contribution >= 4 is 34.8 Å². The van der Waals surface area contributed by atoms with Crippen LogP contribution in [0.4, 0.5) is 14.5 Å². The second kappa shape index (κ2) is 7.41. The Bertz CT molecular complexity index is 952. The minimum atomic E-state index is -3.79. The van der Waals surface area contributed by atoms with Crippen LogP contribution in [0.15, 0.2) is 29.1 Å². The third-order valence-corrected chi connectivity index (χ3v) is 4.35. The average Bonchev–Trinajstić information content (AvgIpc) is 2.59. The molecule has 1 radical (unpaired) electrons. The van der Waals surface area contributed by atoms with Gasteiger partial charge in [0.2, 0.25) is 5.91 Å². The van der Waals surface area contributed by atoms with Crippen LogP contribution in [0.3, 0.4) is 0 Å². The number of halogens is 4. The first-order valence-corrected chi connectivity index (χ1v) is 8.42. The van der Waals surface area contributed by atoms with Crippen LogP contribution in [0.5, 0.6) is 5.75 Å². The van der Waals surface area contributed by atoms with Gasteiger partial charge in [-0.25, -0.2) is 4.68 Å². The van der Waals surface area contributed by atoms with E-state index in [9.17, 15) is 18.4 Å². The first kappa shape index (κ1) is 19.5. The van der Waals surface area contributed by atoms with Crippen molar-refractivity contribution in [2.45, 2.75) is 19.8 Å². The van der Waals surface area contributed by atoms with Gasteiger partial charge in [0.05, 0.1) is 16.3 Å². The number of likely N-dealkylation sites (N-methyl/N-ethyl adjacent to an activating group) is 1. The predicted molar refractivity (Wildman–Crippen MR) is 93.0 cm³/mol. The van der Waals surface area contributed by atoms with E-state index in [0.29, 0.717) is 0 Å². The van der Waals surface area contributed by atoms with Crippen LogP contribution in [0.1, 0.15) is 12.5 Å². The number of benzene rings is 1. The smallest absolute Gasteiger partial charge is 0.409 e. The Balaban J connectivity index is 1.91. The monoisotopic (exact) mass is 418 g/mol. The van der Waals surface area contributed by atoms with Crippen LogP contribution in [-0.2, 0) is 16.1 Å². The fourth-order valence-electron chi connectivity index (χ4n) is 2.51. The van der Waals surface area contributed by atoms with Crippen LogP contribution in [0.25, 0.3) is 0 Å². The molecule has 3 rings (SSSR count). The van der Waals surface area contributed by atoms with E-state index in [-0.39, 0.29) is 33.7 Å². The summed E-state index contributed by atoms with van der Waals surface area (Å²) < 4.78 is 36.1. The van der Waals surface area contributed by atoms with Gasteiger partial charge in [0.15, 0.2) is 5.15 Å². The Morgan fingerprint density at radius 2 is 2.11 bits per heavy atom. The summed E-state index contributed by atoms with van der Waals surface area (Å²) in [6, 6.07) is 5.37. The summed E-state index contributed by atoms with van der Waals surface area (Å²) in [6.07, 6.45) is -3.79. The van der Waals surface area contributed by atoms with E-state index in [2.05, 4.69) is 14.6 Å². The number of anilines is 1. The van der Waals surface area contributed by atoms with Gasteiger partial charge in [0, 0.05) is 12.6 Å². The van der Waals surface area contributed by atoms with Crippen molar-refractivity contribution in [1.29, 1.82) is 0 Å². The zero-order chi connectivity index (χ0) is 19.8. The van der Waals surface area contributed by atoms with Gasteiger partial charge in [0.25, 0.3) is 5.56 Å². The number of fused-ring (bicyclic) bond motifs is 1. The lowest BCUT2D eigenvalue weighted by Gasteiger charge is -2.29. The number of rotatable bonds is 4. The minimum absolute atomic E-state index is 0.0281. The van der Waals surface area contributed by atoms with E-state index >= 15 is 0 Å². The molecule has 0 spiro atoms. The molecule has 0 N–H and O–H groups in total. The second-order valence-corrected chi connectivity index (χ2v) is 6.17. The van der Waals surface area contributed by atoms with Crippen LogP contribution in [0, 0.1) is 6.61 Å². The van der Waals surface area contributed by atoms with Gasteiger partial charge in [0.1, 0.15) is 18.9 Å². The van der Waals surface area contributed by atoms with E-state index in [4.69, 9.17) is 23.2 Å². The number of alkyl halides is 2. The molecule has 27 heavy (non-hydrogen) atoms. The van der Waals surface area contributed by atoms with Crippen molar-refractivity contribution in [1.82, 2.24) is 9.78 Å². The molecular weight excluding hydrogens is 407 g/mol. The molecule has 11 heteroatoms. The van der Waals surface area contributed by atoms with Crippen molar-refractivity contribution < 1.29 is 23.0 Å². The number of aromatic nitrogens is 2. The Hall–Kier alpha value is -2.23. The Kier molecular flexibility index (Phi) is 5.36. The van der Waals surface area contributed by atoms with E-state index in [1.807, 2.05) is 0 Å². The van der Waals surface area contributed by atoms with Gasteiger partial charge in [-0.3, -0.25) is 14.3 Å². The molecule has 143 valence electrons. The third kappa shape index (κ3) is 4.05. The number of carbonyl (C=O) groups is 1. The number of ether oxygens (including phenoxy) is 2. The molecule has 1 amide bonds. The standard InChI is InChI=1S/C16H12Cl2F2N3O4/c1-2-22(14(25)7-23-13(24)6-10(17)15(18)21-23)11-4-3-5-12-9(11)8-26-16(19,20)27-12/h3-6,8H,2,7H2,1H3. The highest BCUT2D eigenvalue weighted by molar-refractivity contribution is 6.41. The van der Waals surface area contributed by atoms with Gasteiger partial charge in [-0.2, -0.15) is 5.10 Å². The Morgan fingerprint density at radius 1 is 1.37 bits per heavy atom. The van der Waals surface area contributed by atoms with Crippen LogP contribution >= 0.6 is 23.2 Å². The topological polar surface area (TPSA) is 73.7 Å². The lowest BCUT2D eigenvalue weighted by molar-refractivity contribution is -0.344. The van der Waals surface area contributed by atoms with Crippen molar-refractivity contribution in [3.05, 3.63) is 57.0 Å². The number of amides is 1. The fraction of sp³-hybridized carbons (Fsp3) is 0.250. The minimum Gasteiger partial charge on any atom is -0.409 e. The first-order chi connectivity index (χ1) is 12.7. The summed E-state index contributed by atoms with van der Waals surface area (Å²) in [5.41, 5.74) is -0.154. The zero-order valence-electron chi connectivity index (χ0n) is 13.8. The van der Waals surface area contributed by atoms with E-state index in [1.165, 1.54) is 23.1 Å². The predicted octanol–water partition coefficient (Wildman–Crippen LogP) is 3.07. The van der Waals surface area contributed by atoms with Gasteiger partial charge in [-0.1, -0.05) is 29.3 Å². The van der Waals surface area contributed by atoms with Crippen LogP contribution in [0.2, 0.25) is 10.2 Å². The molecule has 0 aliphatic carbocycles. The first-order valence-electron chi connectivity index (χ1n) is 7.66. The van der Waals surface area contributed by atoms with E-state index < -0.39 is 24.3 Å². The van der Waals surface area contributed by atoms with Crippen molar-refractivity contribution in [3.63, 3.8) is 0 Å². The maximum Gasteiger partial charge on any atom is 0.535 e. The average molecular weight is 419 g/mol. The highest BCUT2D eigenvalue weighted by Gasteiger charge is 2.40. The summed E-state index contributed by atoms with van der Waals surface area (Å²) in [4.78, 5) is 25.9. The molecule has 1 aliphatic heterocycles. The lowest BCUT2D eigenvalue weighted by Crippen LogP contribution is -2.39. The Labute approximate surface area is 162 Å². The van der Waals surface area contributed by atoms with Gasteiger partial charge in [-0.15, -0.1) is 8.78 Å². The molecule has 1 aromatic carbocycles. The summed E-state index contributed by atoms with van der Waals surface area (Å²) in [7, 11) is 0. The number of nitrogens with zero attached hydrogens (tertiary/aromatic N) is 3. The van der Waals surface area contributed by atoms with Crippen molar-refractivity contribution in [2.75, 3.05) is 11.4 Å². The van der Waals surface area contributed by atoms with Crippen molar-refractivity contribution in [2.24, 2.45) is 0 Å². The fourth-order valence-corrected chi connectivity index (χ4v) is 2.79. The number of hydrogen-bond acceptors (Lipinski definition) is 5. The van der Waals surface area contributed by atoms with Gasteiger partial charge < -0.3 is 9.64 Å². The van der Waals surface area contributed by atoms with E-state index in [1.54, 1.807) is 6.92 Å². The molecular formula is C16H12Cl2F2N3O4. The van der Waals surface area contributed by atoms with E-state index in [0.717, 1.165) is 17.4 Å². The van der Waals surface area contributed by atoms with Gasteiger partial charge in [-0.05, 0) is 19.1 Å². The molecule has 0 atom stereocenters. The largest absolute Gasteiger partial charge is 0.535 e. The molecule has 0 saturated carbocycles. The second-order valence-electron chi connectivity index (χ2n) is 5.41. The summed E-state index contributed by atoms with van der Waals surface area (Å²) in [6.45, 7) is 2.27. The molecule has 1 aromatic heterocycles. The molecule has 1 aliphatic rings. The molecule has 7 nitrogen and oxygen atoms in total. The molecule has 0 fully saturated rings.